The molecule has 0 fully saturated rings. The van der Waals surface area contributed by atoms with Crippen LogP contribution in [0.2, 0.25) is 5.02 Å². The number of rotatable bonds is 6. The minimum atomic E-state index is -0.370. The third kappa shape index (κ3) is 4.47. The van der Waals surface area contributed by atoms with Gasteiger partial charge in [-0.1, -0.05) is 17.7 Å². The molecule has 0 saturated heterocycles. The first-order valence-corrected chi connectivity index (χ1v) is 5.67. The lowest BCUT2D eigenvalue weighted by atomic mass is 10.2. The normalized spacial score (nSPS) is 12.8. The fourth-order valence-corrected chi connectivity index (χ4v) is 1.46. The van der Waals surface area contributed by atoms with E-state index in [9.17, 15) is 4.39 Å². The molecule has 1 atom stereocenters. The average molecular weight is 246 g/mol. The van der Waals surface area contributed by atoms with Gasteiger partial charge in [0.15, 0.2) is 0 Å². The number of benzene rings is 1. The molecule has 0 spiro atoms. The predicted octanol–water partition coefficient (Wildman–Crippen LogP) is 2.99. The summed E-state index contributed by atoms with van der Waals surface area (Å²) in [6, 6.07) is 5.20. The second-order valence-electron chi connectivity index (χ2n) is 3.81. The molecule has 2 nitrogen and oxygen atoms in total. The fraction of sp³-hybridized carbons (Fsp3) is 0.500. The zero-order valence-electron chi connectivity index (χ0n) is 9.59. The first kappa shape index (κ1) is 13.4. The van der Waals surface area contributed by atoms with E-state index in [-0.39, 0.29) is 10.8 Å². The smallest absolute Gasteiger partial charge is 0.142 e. The fourth-order valence-electron chi connectivity index (χ4n) is 1.34. The van der Waals surface area contributed by atoms with Gasteiger partial charge in [-0.3, -0.25) is 0 Å². The predicted molar refractivity (Wildman–Crippen MR) is 64.2 cm³/mol. The average Bonchev–Trinajstić information content (AvgIpc) is 2.28. The van der Waals surface area contributed by atoms with E-state index in [1.807, 2.05) is 6.07 Å². The van der Waals surface area contributed by atoms with Gasteiger partial charge < -0.3 is 10.1 Å². The van der Waals surface area contributed by atoms with Crippen molar-refractivity contribution in [2.75, 3.05) is 13.7 Å². The molecule has 0 saturated carbocycles. The van der Waals surface area contributed by atoms with Gasteiger partial charge in [0, 0.05) is 26.3 Å². The molecule has 90 valence electrons. The molecule has 0 bridgehead atoms. The Morgan fingerprint density at radius 2 is 2.25 bits per heavy atom. The highest BCUT2D eigenvalue weighted by atomic mass is 35.5. The molecule has 1 aromatic carbocycles. The molecular formula is C12H17ClFNO. The molecule has 1 rings (SSSR count). The van der Waals surface area contributed by atoms with Gasteiger partial charge in [0.05, 0.1) is 5.02 Å². The van der Waals surface area contributed by atoms with Gasteiger partial charge in [0.2, 0.25) is 0 Å². The van der Waals surface area contributed by atoms with Crippen LogP contribution in [-0.2, 0) is 11.3 Å². The molecule has 0 aromatic heterocycles. The van der Waals surface area contributed by atoms with Crippen LogP contribution in [0.1, 0.15) is 18.9 Å². The summed E-state index contributed by atoms with van der Waals surface area (Å²) in [5.74, 6) is -0.370. The van der Waals surface area contributed by atoms with Crippen molar-refractivity contribution in [1.29, 1.82) is 0 Å². The summed E-state index contributed by atoms with van der Waals surface area (Å²) in [4.78, 5) is 0. The molecule has 0 amide bonds. The van der Waals surface area contributed by atoms with E-state index in [0.29, 0.717) is 12.6 Å². The van der Waals surface area contributed by atoms with Gasteiger partial charge in [0.1, 0.15) is 5.82 Å². The van der Waals surface area contributed by atoms with Gasteiger partial charge in [-0.05, 0) is 31.0 Å². The number of methoxy groups -OCH3 is 1. The van der Waals surface area contributed by atoms with E-state index >= 15 is 0 Å². The van der Waals surface area contributed by atoms with Gasteiger partial charge in [-0.15, -0.1) is 0 Å². The molecular weight excluding hydrogens is 229 g/mol. The second kappa shape index (κ2) is 6.84. The van der Waals surface area contributed by atoms with E-state index in [2.05, 4.69) is 12.2 Å². The monoisotopic (exact) mass is 245 g/mol. The van der Waals surface area contributed by atoms with Crippen molar-refractivity contribution in [3.05, 3.63) is 34.6 Å². The number of hydrogen-bond donors (Lipinski definition) is 1. The topological polar surface area (TPSA) is 21.3 Å². The highest BCUT2D eigenvalue weighted by Crippen LogP contribution is 2.15. The zero-order valence-corrected chi connectivity index (χ0v) is 10.4. The first-order valence-electron chi connectivity index (χ1n) is 5.29. The Kier molecular flexibility index (Phi) is 5.74. The maximum absolute atomic E-state index is 13.1. The Morgan fingerprint density at radius 3 is 2.88 bits per heavy atom. The van der Waals surface area contributed by atoms with Crippen LogP contribution in [0, 0.1) is 5.82 Å². The number of ether oxygens (including phenoxy) is 1. The summed E-state index contributed by atoms with van der Waals surface area (Å²) < 4.78 is 18.1. The maximum Gasteiger partial charge on any atom is 0.142 e. The molecule has 16 heavy (non-hydrogen) atoms. The Morgan fingerprint density at radius 1 is 1.50 bits per heavy atom. The van der Waals surface area contributed by atoms with Crippen LogP contribution in [0.25, 0.3) is 0 Å². The molecule has 0 radical (unpaired) electrons. The third-order valence-electron chi connectivity index (χ3n) is 2.39. The molecule has 0 aliphatic carbocycles. The van der Waals surface area contributed by atoms with Crippen molar-refractivity contribution in [3.63, 3.8) is 0 Å². The SMILES string of the molecule is COCCC(C)NCc1ccc(Cl)c(F)c1. The third-order valence-corrected chi connectivity index (χ3v) is 2.70. The Balaban J connectivity index is 2.39. The van der Waals surface area contributed by atoms with Crippen LogP contribution in [0.5, 0.6) is 0 Å². The van der Waals surface area contributed by atoms with Crippen molar-refractivity contribution in [3.8, 4) is 0 Å². The minimum absolute atomic E-state index is 0.163. The van der Waals surface area contributed by atoms with Gasteiger partial charge in [-0.25, -0.2) is 4.39 Å². The van der Waals surface area contributed by atoms with Crippen molar-refractivity contribution >= 4 is 11.6 Å². The van der Waals surface area contributed by atoms with Crippen molar-refractivity contribution < 1.29 is 9.13 Å². The summed E-state index contributed by atoms with van der Waals surface area (Å²) >= 11 is 5.60. The standard InChI is InChI=1S/C12H17ClFNO/c1-9(5-6-16-2)15-8-10-3-4-11(13)12(14)7-10/h3-4,7,9,15H,5-6,8H2,1-2H3. The van der Waals surface area contributed by atoms with E-state index in [0.717, 1.165) is 18.6 Å². The van der Waals surface area contributed by atoms with Crippen LogP contribution in [0.3, 0.4) is 0 Å². The van der Waals surface area contributed by atoms with E-state index < -0.39 is 0 Å². The molecule has 1 aromatic rings. The summed E-state index contributed by atoms with van der Waals surface area (Å²) in [5, 5.41) is 3.45. The molecule has 4 heteroatoms. The van der Waals surface area contributed by atoms with Crippen molar-refractivity contribution in [2.24, 2.45) is 0 Å². The maximum atomic E-state index is 13.1. The second-order valence-corrected chi connectivity index (χ2v) is 4.22. The van der Waals surface area contributed by atoms with Crippen LogP contribution in [-0.4, -0.2) is 19.8 Å². The molecule has 1 N–H and O–H groups in total. The quantitative estimate of drug-likeness (QED) is 0.832. The first-order chi connectivity index (χ1) is 7.63. The molecule has 0 aliphatic rings. The zero-order chi connectivity index (χ0) is 12.0. The lowest BCUT2D eigenvalue weighted by Crippen LogP contribution is -2.26. The number of hydrogen-bond acceptors (Lipinski definition) is 2. The molecule has 1 unspecified atom stereocenters. The van der Waals surface area contributed by atoms with E-state index in [4.69, 9.17) is 16.3 Å². The van der Waals surface area contributed by atoms with E-state index in [1.165, 1.54) is 6.07 Å². The van der Waals surface area contributed by atoms with Crippen LogP contribution in [0.15, 0.2) is 18.2 Å². The van der Waals surface area contributed by atoms with Gasteiger partial charge in [-0.2, -0.15) is 0 Å². The highest BCUT2D eigenvalue weighted by Gasteiger charge is 2.03. The Hall–Kier alpha value is -0.640. The van der Waals surface area contributed by atoms with Gasteiger partial charge >= 0.3 is 0 Å². The summed E-state index contributed by atoms with van der Waals surface area (Å²) in [6.07, 6.45) is 0.937. The number of halogens is 2. The van der Waals surface area contributed by atoms with Crippen molar-refractivity contribution in [2.45, 2.75) is 25.9 Å². The number of nitrogens with one attached hydrogen (secondary N) is 1. The molecule has 0 heterocycles. The Bertz CT molecular complexity index is 333. The van der Waals surface area contributed by atoms with Crippen molar-refractivity contribution in [1.82, 2.24) is 5.32 Å². The lowest BCUT2D eigenvalue weighted by Gasteiger charge is -2.13. The van der Waals surface area contributed by atoms with Crippen LogP contribution >= 0.6 is 11.6 Å². The van der Waals surface area contributed by atoms with Crippen LogP contribution < -0.4 is 5.32 Å². The summed E-state index contributed by atoms with van der Waals surface area (Å²) in [6.45, 7) is 3.44. The summed E-state index contributed by atoms with van der Waals surface area (Å²) in [5.41, 5.74) is 0.895. The highest BCUT2D eigenvalue weighted by molar-refractivity contribution is 6.30. The molecule has 0 aliphatic heterocycles. The lowest BCUT2D eigenvalue weighted by molar-refractivity contribution is 0.184. The van der Waals surface area contributed by atoms with E-state index in [1.54, 1.807) is 13.2 Å². The Labute approximate surface area is 101 Å². The minimum Gasteiger partial charge on any atom is -0.385 e. The summed E-state index contributed by atoms with van der Waals surface area (Å²) in [7, 11) is 1.68. The largest absolute Gasteiger partial charge is 0.385 e. The van der Waals surface area contributed by atoms with Gasteiger partial charge in [0.25, 0.3) is 0 Å². The van der Waals surface area contributed by atoms with Crippen LogP contribution in [0.4, 0.5) is 4.39 Å².